The molecule has 2 aromatic carbocycles. The van der Waals surface area contributed by atoms with Crippen LogP contribution in [0.4, 0.5) is 5.69 Å². The lowest BCUT2D eigenvalue weighted by Gasteiger charge is -2.13. The minimum atomic E-state index is -0.104. The molecule has 20 heavy (non-hydrogen) atoms. The molecule has 0 fully saturated rings. The van der Waals surface area contributed by atoms with E-state index in [4.69, 9.17) is 23.2 Å². The van der Waals surface area contributed by atoms with Crippen molar-refractivity contribution in [3.63, 3.8) is 0 Å². The van der Waals surface area contributed by atoms with Crippen LogP contribution in [0.3, 0.4) is 0 Å². The third-order valence-corrected chi connectivity index (χ3v) is 3.56. The average Bonchev–Trinajstić information content (AvgIpc) is 2.82. The monoisotopic (exact) mass is 304 g/mol. The lowest BCUT2D eigenvalue weighted by molar-refractivity contribution is -0.116. The normalized spacial score (nSPS) is 14.6. The van der Waals surface area contributed by atoms with Gasteiger partial charge in [-0.05, 0) is 23.8 Å². The van der Waals surface area contributed by atoms with Crippen LogP contribution in [-0.2, 0) is 4.79 Å². The van der Waals surface area contributed by atoms with Crippen molar-refractivity contribution in [2.45, 2.75) is 6.42 Å². The molecule has 1 aliphatic heterocycles. The summed E-state index contributed by atoms with van der Waals surface area (Å²) in [6, 6.07) is 14.6. The molecule has 0 bridgehead atoms. The van der Waals surface area contributed by atoms with Gasteiger partial charge in [-0.1, -0.05) is 53.5 Å². The quantitative estimate of drug-likeness (QED) is 0.821. The zero-order chi connectivity index (χ0) is 14.1. The Balaban J connectivity index is 1.98. The molecule has 0 radical (unpaired) electrons. The number of hydrogen-bond acceptors (Lipinski definition) is 2. The van der Waals surface area contributed by atoms with E-state index in [-0.39, 0.29) is 12.3 Å². The molecule has 1 heterocycles. The van der Waals surface area contributed by atoms with Gasteiger partial charge in [0.05, 0.1) is 22.8 Å². The van der Waals surface area contributed by atoms with Gasteiger partial charge in [0, 0.05) is 5.02 Å². The summed E-state index contributed by atoms with van der Waals surface area (Å²) in [5.74, 6) is -0.104. The second kappa shape index (κ2) is 5.27. The summed E-state index contributed by atoms with van der Waals surface area (Å²) in [5.41, 5.74) is 2.22. The fourth-order valence-corrected chi connectivity index (χ4v) is 2.55. The number of benzene rings is 2. The number of nitrogens with zero attached hydrogens (tertiary/aromatic N) is 2. The van der Waals surface area contributed by atoms with Crippen LogP contribution in [0.25, 0.3) is 0 Å². The predicted octanol–water partition coefficient (Wildman–Crippen LogP) is 4.13. The third-order valence-electron chi connectivity index (χ3n) is 3.02. The van der Waals surface area contributed by atoms with E-state index in [0.29, 0.717) is 15.7 Å². The molecule has 0 unspecified atom stereocenters. The molecule has 0 saturated carbocycles. The van der Waals surface area contributed by atoms with Crippen molar-refractivity contribution in [2.24, 2.45) is 5.10 Å². The second-order valence-corrected chi connectivity index (χ2v) is 5.23. The van der Waals surface area contributed by atoms with Crippen molar-refractivity contribution in [3.05, 3.63) is 64.1 Å². The van der Waals surface area contributed by atoms with Crippen molar-refractivity contribution >= 4 is 40.5 Å². The van der Waals surface area contributed by atoms with Crippen LogP contribution in [0.15, 0.2) is 53.6 Å². The minimum absolute atomic E-state index is 0.104. The highest BCUT2D eigenvalue weighted by molar-refractivity contribution is 6.37. The number of rotatable bonds is 2. The predicted molar refractivity (Wildman–Crippen MR) is 81.5 cm³/mol. The van der Waals surface area contributed by atoms with Crippen LogP contribution in [0, 0.1) is 0 Å². The van der Waals surface area contributed by atoms with Gasteiger partial charge in [-0.25, -0.2) is 0 Å². The summed E-state index contributed by atoms with van der Waals surface area (Å²) < 4.78 is 0. The molecular formula is C15H10Cl2N2O. The van der Waals surface area contributed by atoms with Crippen LogP contribution in [0.1, 0.15) is 12.0 Å². The Bertz CT molecular complexity index is 698. The van der Waals surface area contributed by atoms with Gasteiger partial charge in [-0.3, -0.25) is 4.79 Å². The molecule has 5 heteroatoms. The molecule has 0 spiro atoms. The standard InChI is InChI=1S/C15H10Cl2N2O/c16-11-6-7-14(12(17)8-11)19-15(20)9-13(18-19)10-4-2-1-3-5-10/h1-8H,9H2. The molecule has 3 nitrogen and oxygen atoms in total. The molecule has 3 rings (SSSR count). The van der Waals surface area contributed by atoms with E-state index in [1.165, 1.54) is 5.01 Å². The Hall–Kier alpha value is -1.84. The number of anilines is 1. The molecule has 0 N–H and O–H groups in total. The van der Waals surface area contributed by atoms with Crippen LogP contribution in [-0.4, -0.2) is 11.6 Å². The van der Waals surface area contributed by atoms with Crippen LogP contribution in [0.5, 0.6) is 0 Å². The number of amides is 1. The number of carbonyl (C=O) groups excluding carboxylic acids is 1. The van der Waals surface area contributed by atoms with Gasteiger partial charge in [0.15, 0.2) is 0 Å². The Morgan fingerprint density at radius 1 is 1.05 bits per heavy atom. The first-order valence-electron chi connectivity index (χ1n) is 6.06. The van der Waals surface area contributed by atoms with Crippen molar-refractivity contribution in [3.8, 4) is 0 Å². The maximum Gasteiger partial charge on any atom is 0.253 e. The minimum Gasteiger partial charge on any atom is -0.272 e. The zero-order valence-electron chi connectivity index (χ0n) is 10.4. The highest BCUT2D eigenvalue weighted by atomic mass is 35.5. The Morgan fingerprint density at radius 3 is 2.50 bits per heavy atom. The molecule has 0 aromatic heterocycles. The summed E-state index contributed by atoms with van der Waals surface area (Å²) in [5, 5.41) is 6.64. The smallest absolute Gasteiger partial charge is 0.253 e. The molecule has 0 saturated heterocycles. The molecular weight excluding hydrogens is 295 g/mol. The van der Waals surface area contributed by atoms with Gasteiger partial charge in [-0.2, -0.15) is 10.1 Å². The first kappa shape index (κ1) is 13.2. The van der Waals surface area contributed by atoms with E-state index in [1.807, 2.05) is 30.3 Å². The molecule has 2 aromatic rings. The first-order valence-corrected chi connectivity index (χ1v) is 6.81. The van der Waals surface area contributed by atoms with Gasteiger partial charge in [0.2, 0.25) is 0 Å². The van der Waals surface area contributed by atoms with Gasteiger partial charge in [0.1, 0.15) is 0 Å². The summed E-state index contributed by atoms with van der Waals surface area (Å²) in [7, 11) is 0. The Morgan fingerprint density at radius 2 is 1.80 bits per heavy atom. The van der Waals surface area contributed by atoms with Crippen LogP contribution >= 0.6 is 23.2 Å². The van der Waals surface area contributed by atoms with Gasteiger partial charge in [-0.15, -0.1) is 0 Å². The van der Waals surface area contributed by atoms with E-state index in [2.05, 4.69) is 5.10 Å². The molecule has 1 amide bonds. The topological polar surface area (TPSA) is 32.7 Å². The lowest BCUT2D eigenvalue weighted by atomic mass is 10.1. The number of halogens is 2. The largest absolute Gasteiger partial charge is 0.272 e. The molecule has 0 aliphatic carbocycles. The lowest BCUT2D eigenvalue weighted by Crippen LogP contribution is -2.19. The zero-order valence-corrected chi connectivity index (χ0v) is 11.9. The van der Waals surface area contributed by atoms with Gasteiger partial charge >= 0.3 is 0 Å². The van der Waals surface area contributed by atoms with E-state index >= 15 is 0 Å². The van der Waals surface area contributed by atoms with E-state index in [0.717, 1.165) is 11.3 Å². The Kier molecular flexibility index (Phi) is 3.47. The van der Waals surface area contributed by atoms with Crippen molar-refractivity contribution < 1.29 is 4.79 Å². The van der Waals surface area contributed by atoms with Crippen molar-refractivity contribution in [2.75, 3.05) is 5.01 Å². The summed E-state index contributed by atoms with van der Waals surface area (Å²) in [4.78, 5) is 12.1. The Labute approximate surface area is 126 Å². The third kappa shape index (κ3) is 2.42. The average molecular weight is 305 g/mol. The molecule has 100 valence electrons. The van der Waals surface area contributed by atoms with Crippen LogP contribution in [0.2, 0.25) is 10.0 Å². The van der Waals surface area contributed by atoms with Gasteiger partial charge < -0.3 is 0 Å². The SMILES string of the molecule is O=C1CC(c2ccccc2)=NN1c1ccc(Cl)cc1Cl. The number of hydrazone groups is 1. The first-order chi connectivity index (χ1) is 9.65. The maximum absolute atomic E-state index is 12.1. The second-order valence-electron chi connectivity index (χ2n) is 4.39. The summed E-state index contributed by atoms with van der Waals surface area (Å²) in [6.07, 6.45) is 0.267. The van der Waals surface area contributed by atoms with Crippen LogP contribution < -0.4 is 5.01 Å². The fourth-order valence-electron chi connectivity index (χ4n) is 2.06. The highest BCUT2D eigenvalue weighted by Gasteiger charge is 2.27. The van der Waals surface area contributed by atoms with Gasteiger partial charge in [0.25, 0.3) is 5.91 Å². The van der Waals surface area contributed by atoms with Crippen molar-refractivity contribution in [1.82, 2.24) is 0 Å². The maximum atomic E-state index is 12.1. The fraction of sp³-hybridized carbons (Fsp3) is 0.0667. The van der Waals surface area contributed by atoms with E-state index < -0.39 is 0 Å². The molecule has 0 atom stereocenters. The highest BCUT2D eigenvalue weighted by Crippen LogP contribution is 2.31. The number of hydrogen-bond donors (Lipinski definition) is 0. The molecule has 1 aliphatic rings. The number of carbonyl (C=O) groups is 1. The van der Waals surface area contributed by atoms with E-state index in [9.17, 15) is 4.79 Å². The summed E-state index contributed by atoms with van der Waals surface area (Å²) in [6.45, 7) is 0. The summed E-state index contributed by atoms with van der Waals surface area (Å²) >= 11 is 12.0. The van der Waals surface area contributed by atoms with E-state index in [1.54, 1.807) is 18.2 Å². The van der Waals surface area contributed by atoms with Crippen molar-refractivity contribution in [1.29, 1.82) is 0 Å².